The van der Waals surface area contributed by atoms with Gasteiger partial charge in [-0.2, -0.15) is 0 Å². The Hall–Kier alpha value is -3.22. The van der Waals surface area contributed by atoms with Crippen LogP contribution in [-0.2, 0) is 16.0 Å². The predicted octanol–water partition coefficient (Wildman–Crippen LogP) is 3.31. The molecule has 1 amide bonds. The number of rotatable bonds is 9. The summed E-state index contributed by atoms with van der Waals surface area (Å²) in [7, 11) is 4.33. The first-order chi connectivity index (χ1) is 13.9. The number of aryl methyl sites for hydroxylation is 1. The van der Waals surface area contributed by atoms with Crippen molar-refractivity contribution in [1.29, 1.82) is 0 Å². The predicted molar refractivity (Wildman–Crippen MR) is 109 cm³/mol. The first-order valence-electron chi connectivity index (χ1n) is 9.29. The number of benzene rings is 2. The quantitative estimate of drug-likeness (QED) is 0.649. The van der Waals surface area contributed by atoms with E-state index >= 15 is 0 Å². The van der Waals surface area contributed by atoms with E-state index < -0.39 is 18.5 Å². The molecular formula is C22H27NO6. The average Bonchev–Trinajstić information content (AvgIpc) is 2.76. The van der Waals surface area contributed by atoms with Gasteiger partial charge in [0, 0.05) is 0 Å². The van der Waals surface area contributed by atoms with E-state index in [1.165, 1.54) is 33.0 Å². The molecule has 1 N–H and O–H groups in total. The zero-order chi connectivity index (χ0) is 21.4. The summed E-state index contributed by atoms with van der Waals surface area (Å²) in [5.74, 6) is -0.219. The van der Waals surface area contributed by atoms with E-state index in [0.29, 0.717) is 5.75 Å². The minimum absolute atomic E-state index is 0.140. The number of carbonyl (C=O) groups excluding carboxylic acids is 2. The van der Waals surface area contributed by atoms with Crippen LogP contribution >= 0.6 is 0 Å². The lowest BCUT2D eigenvalue weighted by molar-refractivity contribution is -0.124. The maximum absolute atomic E-state index is 12.4. The Kier molecular flexibility index (Phi) is 7.88. The van der Waals surface area contributed by atoms with Crippen molar-refractivity contribution in [3.05, 3.63) is 53.1 Å². The number of esters is 1. The molecule has 0 aliphatic carbocycles. The zero-order valence-electron chi connectivity index (χ0n) is 17.4. The molecule has 7 nitrogen and oxygen atoms in total. The fraction of sp³-hybridized carbons (Fsp3) is 0.364. The van der Waals surface area contributed by atoms with Crippen LogP contribution in [0.1, 0.15) is 41.4 Å². The van der Waals surface area contributed by atoms with Gasteiger partial charge in [0.05, 0.1) is 27.4 Å². The third kappa shape index (κ3) is 5.40. The van der Waals surface area contributed by atoms with E-state index in [-0.39, 0.29) is 23.1 Å². The van der Waals surface area contributed by atoms with Gasteiger partial charge >= 0.3 is 5.97 Å². The van der Waals surface area contributed by atoms with Crippen molar-refractivity contribution in [2.24, 2.45) is 0 Å². The Morgan fingerprint density at radius 3 is 2.14 bits per heavy atom. The van der Waals surface area contributed by atoms with E-state index in [1.807, 2.05) is 31.2 Å². The second-order valence-corrected chi connectivity index (χ2v) is 6.34. The fourth-order valence-electron chi connectivity index (χ4n) is 2.88. The van der Waals surface area contributed by atoms with Gasteiger partial charge in [0.15, 0.2) is 18.1 Å². The monoisotopic (exact) mass is 401 g/mol. The molecule has 0 aromatic heterocycles. The highest BCUT2D eigenvalue weighted by Gasteiger charge is 2.22. The van der Waals surface area contributed by atoms with Gasteiger partial charge in [0.1, 0.15) is 5.56 Å². The summed E-state index contributed by atoms with van der Waals surface area (Å²) >= 11 is 0. The van der Waals surface area contributed by atoms with Crippen LogP contribution in [0.25, 0.3) is 0 Å². The molecule has 0 aliphatic rings. The van der Waals surface area contributed by atoms with Crippen LogP contribution in [0.4, 0.5) is 0 Å². The van der Waals surface area contributed by atoms with Crippen molar-refractivity contribution < 1.29 is 28.5 Å². The maximum Gasteiger partial charge on any atom is 0.342 e. The molecule has 1 atom stereocenters. The lowest BCUT2D eigenvalue weighted by Gasteiger charge is -2.16. The van der Waals surface area contributed by atoms with Crippen molar-refractivity contribution in [2.45, 2.75) is 26.3 Å². The number of carbonyl (C=O) groups is 2. The van der Waals surface area contributed by atoms with Crippen LogP contribution < -0.4 is 19.5 Å². The molecule has 0 spiro atoms. The first kappa shape index (κ1) is 22.1. The van der Waals surface area contributed by atoms with Gasteiger partial charge in [0.25, 0.3) is 5.91 Å². The van der Waals surface area contributed by atoms with Crippen molar-refractivity contribution in [1.82, 2.24) is 5.32 Å². The topological polar surface area (TPSA) is 83.1 Å². The summed E-state index contributed by atoms with van der Waals surface area (Å²) in [6.07, 6.45) is 0.955. The molecule has 0 saturated heterocycles. The molecule has 29 heavy (non-hydrogen) atoms. The second kappa shape index (κ2) is 10.4. The largest absolute Gasteiger partial charge is 0.493 e. The number of hydrogen-bond acceptors (Lipinski definition) is 6. The van der Waals surface area contributed by atoms with Gasteiger partial charge in [-0.05, 0) is 36.6 Å². The number of methoxy groups -OCH3 is 3. The molecule has 2 aromatic rings. The second-order valence-electron chi connectivity index (χ2n) is 6.34. The van der Waals surface area contributed by atoms with Crippen LogP contribution in [-0.4, -0.2) is 39.8 Å². The van der Waals surface area contributed by atoms with E-state index in [4.69, 9.17) is 18.9 Å². The summed E-state index contributed by atoms with van der Waals surface area (Å²) in [6, 6.07) is 10.9. The van der Waals surface area contributed by atoms with Crippen LogP contribution in [0.5, 0.6) is 17.2 Å². The summed E-state index contributed by atoms with van der Waals surface area (Å²) in [5, 5.41) is 2.82. The molecule has 0 bridgehead atoms. The van der Waals surface area contributed by atoms with E-state index in [2.05, 4.69) is 12.2 Å². The normalized spacial score (nSPS) is 11.3. The van der Waals surface area contributed by atoms with Crippen LogP contribution in [0.2, 0.25) is 0 Å². The third-order valence-corrected chi connectivity index (χ3v) is 4.52. The van der Waals surface area contributed by atoms with Gasteiger partial charge < -0.3 is 24.3 Å². The molecular weight excluding hydrogens is 374 g/mol. The Morgan fingerprint density at radius 2 is 1.59 bits per heavy atom. The number of amides is 1. The molecule has 0 radical (unpaired) electrons. The lowest BCUT2D eigenvalue weighted by atomic mass is 10.1. The van der Waals surface area contributed by atoms with Crippen molar-refractivity contribution in [3.63, 3.8) is 0 Å². The Bertz CT molecular complexity index is 847. The molecule has 0 unspecified atom stereocenters. The minimum Gasteiger partial charge on any atom is -0.493 e. The summed E-state index contributed by atoms with van der Waals surface area (Å²) < 4.78 is 20.9. The summed E-state index contributed by atoms with van der Waals surface area (Å²) in [5.41, 5.74) is 2.34. The van der Waals surface area contributed by atoms with Crippen molar-refractivity contribution >= 4 is 11.9 Å². The summed E-state index contributed by atoms with van der Waals surface area (Å²) in [4.78, 5) is 24.6. The molecule has 2 rings (SSSR count). The number of hydrogen-bond donors (Lipinski definition) is 1. The number of ether oxygens (including phenoxy) is 4. The van der Waals surface area contributed by atoms with Gasteiger partial charge in [0.2, 0.25) is 5.75 Å². The standard InChI is InChI=1S/C22H27NO6/c1-6-15-7-9-16(10-8-15)14(2)23-19(24)13-29-22(25)17-11-12-18(26-3)21(28-5)20(17)27-4/h7-12,14H,6,13H2,1-5H3,(H,23,24)/t14-/m0/s1. The first-order valence-corrected chi connectivity index (χ1v) is 9.29. The SMILES string of the molecule is CCc1ccc([C@H](C)NC(=O)COC(=O)c2ccc(OC)c(OC)c2OC)cc1. The molecule has 2 aromatic carbocycles. The molecule has 0 fully saturated rings. The Labute approximate surface area is 170 Å². The minimum atomic E-state index is -0.696. The van der Waals surface area contributed by atoms with Crippen LogP contribution in [0, 0.1) is 0 Å². The number of nitrogens with one attached hydrogen (secondary N) is 1. The zero-order valence-corrected chi connectivity index (χ0v) is 17.4. The van der Waals surface area contributed by atoms with E-state index in [0.717, 1.165) is 12.0 Å². The highest BCUT2D eigenvalue weighted by Crippen LogP contribution is 2.39. The highest BCUT2D eigenvalue weighted by atomic mass is 16.5. The Balaban J connectivity index is 2.00. The van der Waals surface area contributed by atoms with Crippen LogP contribution in [0.3, 0.4) is 0 Å². The Morgan fingerprint density at radius 1 is 0.931 bits per heavy atom. The van der Waals surface area contributed by atoms with Crippen molar-refractivity contribution in [2.75, 3.05) is 27.9 Å². The van der Waals surface area contributed by atoms with E-state index in [9.17, 15) is 9.59 Å². The fourth-order valence-corrected chi connectivity index (χ4v) is 2.88. The molecule has 0 saturated carbocycles. The average molecular weight is 401 g/mol. The lowest BCUT2D eigenvalue weighted by Crippen LogP contribution is -2.31. The molecule has 0 aliphatic heterocycles. The molecule has 0 heterocycles. The summed E-state index contributed by atoms with van der Waals surface area (Å²) in [6.45, 7) is 3.55. The van der Waals surface area contributed by atoms with Crippen LogP contribution in [0.15, 0.2) is 36.4 Å². The van der Waals surface area contributed by atoms with Gasteiger partial charge in [-0.25, -0.2) is 4.79 Å². The smallest absolute Gasteiger partial charge is 0.342 e. The maximum atomic E-state index is 12.4. The van der Waals surface area contributed by atoms with Crippen molar-refractivity contribution in [3.8, 4) is 17.2 Å². The van der Waals surface area contributed by atoms with E-state index in [1.54, 1.807) is 6.07 Å². The van der Waals surface area contributed by atoms with Gasteiger partial charge in [-0.1, -0.05) is 31.2 Å². The molecule has 156 valence electrons. The van der Waals surface area contributed by atoms with Gasteiger partial charge in [-0.3, -0.25) is 4.79 Å². The van der Waals surface area contributed by atoms with Gasteiger partial charge in [-0.15, -0.1) is 0 Å². The third-order valence-electron chi connectivity index (χ3n) is 4.52. The highest BCUT2D eigenvalue weighted by molar-refractivity contribution is 5.95. The molecule has 7 heteroatoms.